The lowest BCUT2D eigenvalue weighted by Gasteiger charge is -2.38. The first-order valence-electron chi connectivity index (χ1n) is 9.86. The molecule has 3 aromatic carbocycles. The molecular formula is C27H22O2. The molecule has 0 saturated carbocycles. The van der Waals surface area contributed by atoms with Crippen molar-refractivity contribution in [1.29, 1.82) is 0 Å². The average molecular weight is 378 g/mol. The van der Waals surface area contributed by atoms with Gasteiger partial charge in [0.15, 0.2) is 0 Å². The summed E-state index contributed by atoms with van der Waals surface area (Å²) in [5, 5.41) is 0. The average Bonchev–Trinajstić information content (AvgIpc) is 3.23. The molecule has 2 heteroatoms. The Morgan fingerprint density at radius 3 is 2.03 bits per heavy atom. The zero-order chi connectivity index (χ0) is 19.9. The third-order valence-electron chi connectivity index (χ3n) is 5.87. The first kappa shape index (κ1) is 17.6. The van der Waals surface area contributed by atoms with Crippen LogP contribution in [0.3, 0.4) is 0 Å². The Labute approximate surface area is 171 Å². The van der Waals surface area contributed by atoms with Crippen molar-refractivity contribution < 1.29 is 9.47 Å². The fourth-order valence-corrected chi connectivity index (χ4v) is 4.81. The number of fused-ring (bicyclic) bond motifs is 3. The fourth-order valence-electron chi connectivity index (χ4n) is 4.81. The lowest BCUT2D eigenvalue weighted by Crippen LogP contribution is -2.47. The molecule has 1 saturated heterocycles. The first-order valence-corrected chi connectivity index (χ1v) is 9.86. The maximum Gasteiger partial charge on any atom is 0.296 e. The molecule has 1 fully saturated rings. The van der Waals surface area contributed by atoms with Crippen molar-refractivity contribution in [1.82, 2.24) is 0 Å². The molecule has 2 nitrogen and oxygen atoms in total. The van der Waals surface area contributed by atoms with E-state index in [1.165, 1.54) is 0 Å². The molecule has 142 valence electrons. The number of rotatable bonds is 3. The van der Waals surface area contributed by atoms with E-state index in [-0.39, 0.29) is 0 Å². The summed E-state index contributed by atoms with van der Waals surface area (Å²) in [6.07, 6.45) is 5.89. The van der Waals surface area contributed by atoms with E-state index in [0.29, 0.717) is 0 Å². The van der Waals surface area contributed by atoms with Crippen LogP contribution in [0.2, 0.25) is 0 Å². The molecule has 0 aliphatic carbocycles. The predicted molar refractivity (Wildman–Crippen MR) is 116 cm³/mol. The second-order valence-corrected chi connectivity index (χ2v) is 7.27. The summed E-state index contributed by atoms with van der Waals surface area (Å²) < 4.78 is 13.5. The van der Waals surface area contributed by atoms with Gasteiger partial charge < -0.3 is 9.47 Å². The van der Waals surface area contributed by atoms with Gasteiger partial charge in [0.1, 0.15) is 16.9 Å². The van der Waals surface area contributed by atoms with Crippen LogP contribution in [0, 0.1) is 0 Å². The molecule has 2 heterocycles. The Bertz CT molecular complexity index is 1130. The third kappa shape index (κ3) is 2.17. The van der Waals surface area contributed by atoms with E-state index in [1.807, 2.05) is 55.5 Å². The maximum atomic E-state index is 6.74. The zero-order valence-corrected chi connectivity index (χ0v) is 16.3. The van der Waals surface area contributed by atoms with Gasteiger partial charge in [-0.2, -0.15) is 0 Å². The van der Waals surface area contributed by atoms with Crippen molar-refractivity contribution in [2.24, 2.45) is 0 Å². The fraction of sp³-hybridized carbons (Fsp3) is 0.111. The topological polar surface area (TPSA) is 18.5 Å². The van der Waals surface area contributed by atoms with Crippen LogP contribution >= 0.6 is 0 Å². The number of para-hydroxylation sites is 1. The second-order valence-electron chi connectivity index (χ2n) is 7.27. The lowest BCUT2D eigenvalue weighted by molar-refractivity contribution is -0.151. The van der Waals surface area contributed by atoms with Gasteiger partial charge in [-0.1, -0.05) is 97.6 Å². The summed E-state index contributed by atoms with van der Waals surface area (Å²) in [4.78, 5) is 0. The molecule has 2 aliphatic heterocycles. The third-order valence-corrected chi connectivity index (χ3v) is 5.87. The molecule has 0 bridgehead atoms. The molecule has 3 aromatic rings. The van der Waals surface area contributed by atoms with Gasteiger partial charge in [0.25, 0.3) is 5.79 Å². The van der Waals surface area contributed by atoms with Crippen molar-refractivity contribution >= 4 is 0 Å². The van der Waals surface area contributed by atoms with Gasteiger partial charge in [0, 0.05) is 16.7 Å². The number of ether oxygens (including phenoxy) is 2. The van der Waals surface area contributed by atoms with Gasteiger partial charge in [-0.25, -0.2) is 0 Å². The van der Waals surface area contributed by atoms with Crippen molar-refractivity contribution in [3.63, 3.8) is 0 Å². The molecule has 2 aliphatic rings. The molecule has 0 amide bonds. The van der Waals surface area contributed by atoms with E-state index in [2.05, 4.69) is 61.2 Å². The van der Waals surface area contributed by atoms with Crippen molar-refractivity contribution in [3.8, 4) is 5.75 Å². The number of benzene rings is 3. The van der Waals surface area contributed by atoms with E-state index in [0.717, 1.165) is 33.8 Å². The standard InChI is InChI=1S/C27H22O2/c1-3-13-22-24(4-2)28-27(21-16-9-6-10-17-21)26(22,20-14-7-5-8-15-20)23-18-11-12-19-25(23)29-27/h3-19H,1H2,2H3/b22-13?,24-4+. The minimum absolute atomic E-state index is 0.651. The summed E-state index contributed by atoms with van der Waals surface area (Å²) in [6.45, 7) is 5.98. The van der Waals surface area contributed by atoms with E-state index < -0.39 is 11.2 Å². The quantitative estimate of drug-likeness (QED) is 0.535. The highest BCUT2D eigenvalue weighted by atomic mass is 16.7. The Morgan fingerprint density at radius 1 is 0.759 bits per heavy atom. The van der Waals surface area contributed by atoms with Crippen LogP contribution in [0.15, 0.2) is 121 Å². The van der Waals surface area contributed by atoms with E-state index in [9.17, 15) is 0 Å². The highest BCUT2D eigenvalue weighted by Gasteiger charge is 2.71. The van der Waals surface area contributed by atoms with Gasteiger partial charge >= 0.3 is 0 Å². The molecule has 0 radical (unpaired) electrons. The maximum absolute atomic E-state index is 6.74. The molecule has 0 spiro atoms. The molecule has 2 unspecified atom stereocenters. The van der Waals surface area contributed by atoms with Gasteiger partial charge in [-0.05, 0) is 24.6 Å². The summed E-state index contributed by atoms with van der Waals surface area (Å²) >= 11 is 0. The van der Waals surface area contributed by atoms with Crippen LogP contribution < -0.4 is 4.74 Å². The Balaban J connectivity index is 1.97. The highest BCUT2D eigenvalue weighted by Crippen LogP contribution is 2.67. The summed E-state index contributed by atoms with van der Waals surface area (Å²) in [7, 11) is 0. The lowest BCUT2D eigenvalue weighted by atomic mass is 9.64. The van der Waals surface area contributed by atoms with Gasteiger partial charge in [0.2, 0.25) is 0 Å². The summed E-state index contributed by atoms with van der Waals surface area (Å²) in [5.74, 6) is 0.619. The molecule has 0 aromatic heterocycles. The van der Waals surface area contributed by atoms with Gasteiger partial charge in [0.05, 0.1) is 0 Å². The molecular weight excluding hydrogens is 356 g/mol. The Kier molecular flexibility index (Phi) is 3.95. The number of hydrogen-bond donors (Lipinski definition) is 0. The normalized spacial score (nSPS) is 27.2. The molecule has 0 N–H and O–H groups in total. The highest BCUT2D eigenvalue weighted by molar-refractivity contribution is 5.68. The Morgan fingerprint density at radius 2 is 1.38 bits per heavy atom. The van der Waals surface area contributed by atoms with Crippen LogP contribution in [0.1, 0.15) is 23.6 Å². The minimum atomic E-state index is -1.03. The molecule has 29 heavy (non-hydrogen) atoms. The van der Waals surface area contributed by atoms with Crippen LogP contribution in [0.4, 0.5) is 0 Å². The zero-order valence-electron chi connectivity index (χ0n) is 16.3. The van der Waals surface area contributed by atoms with E-state index >= 15 is 0 Å². The van der Waals surface area contributed by atoms with Gasteiger partial charge in [-0.3, -0.25) is 0 Å². The molecule has 2 atom stereocenters. The van der Waals surface area contributed by atoms with Crippen molar-refractivity contribution in [3.05, 3.63) is 138 Å². The summed E-state index contributed by atoms with van der Waals surface area (Å²) in [6, 6.07) is 28.9. The molecule has 5 rings (SSSR count). The SMILES string of the molecule is C=CC=C1/C(=C\C)OC2(c3ccccc3)Oc3ccccc3C12c1ccccc1. The summed E-state index contributed by atoms with van der Waals surface area (Å²) in [5.41, 5.74) is 3.60. The van der Waals surface area contributed by atoms with Gasteiger partial charge in [-0.15, -0.1) is 0 Å². The largest absolute Gasteiger partial charge is 0.447 e. The van der Waals surface area contributed by atoms with Crippen molar-refractivity contribution in [2.45, 2.75) is 18.1 Å². The monoisotopic (exact) mass is 378 g/mol. The number of allylic oxidation sites excluding steroid dienone is 4. The smallest absolute Gasteiger partial charge is 0.296 e. The second kappa shape index (κ2) is 6.52. The van der Waals surface area contributed by atoms with E-state index in [1.54, 1.807) is 0 Å². The predicted octanol–water partition coefficient (Wildman–Crippen LogP) is 6.26. The number of hydrogen-bond acceptors (Lipinski definition) is 2. The van der Waals surface area contributed by atoms with Crippen LogP contribution in [-0.2, 0) is 15.9 Å². The van der Waals surface area contributed by atoms with Crippen LogP contribution in [-0.4, -0.2) is 0 Å². The first-order chi connectivity index (χ1) is 14.3. The minimum Gasteiger partial charge on any atom is -0.447 e. The van der Waals surface area contributed by atoms with Crippen molar-refractivity contribution in [2.75, 3.05) is 0 Å². The van der Waals surface area contributed by atoms with E-state index in [4.69, 9.17) is 9.47 Å². The Hall–Kier alpha value is -3.52. The van der Waals surface area contributed by atoms with Crippen LogP contribution in [0.25, 0.3) is 0 Å². The van der Waals surface area contributed by atoms with Crippen LogP contribution in [0.5, 0.6) is 5.75 Å².